The first-order valence-corrected chi connectivity index (χ1v) is 34.0. The van der Waals surface area contributed by atoms with Crippen LogP contribution >= 0.6 is 41.8 Å². The van der Waals surface area contributed by atoms with Gasteiger partial charge in [-0.1, -0.05) is 65.8 Å². The first-order valence-electron chi connectivity index (χ1n) is 28.3. The number of hydrogen-bond donors (Lipinski definition) is 11. The van der Waals surface area contributed by atoms with Gasteiger partial charge in [-0.25, -0.2) is 0 Å². The van der Waals surface area contributed by atoms with Gasteiger partial charge in [-0.2, -0.15) is 0 Å². The normalized spacial score (nSPS) is 22.1. The number of likely N-dealkylation sites (tertiary alicyclic amines) is 1. The minimum atomic E-state index is -2.70. The summed E-state index contributed by atoms with van der Waals surface area (Å²) >= 11 is -2.70. The molecule has 29 nitrogen and oxygen atoms in total. The van der Waals surface area contributed by atoms with Gasteiger partial charge in [0.25, 0.3) is 0 Å². The number of nitrogens with zero attached hydrogens (tertiary/aromatic N) is 4. The molecule has 3 heterocycles. The van der Waals surface area contributed by atoms with Crippen molar-refractivity contribution in [3.63, 3.8) is 0 Å². The molecular formula is C57H72IN15O14S2. The summed E-state index contributed by atoms with van der Waals surface area (Å²) in [4.78, 5) is 167. The molecule has 6 rings (SSSR count). The average molecular weight is 1380 g/mol. The molecule has 3 aromatic rings. The molecule has 0 bridgehead atoms. The van der Waals surface area contributed by atoms with Gasteiger partial charge < -0.3 is 54.4 Å². The van der Waals surface area contributed by atoms with Crippen molar-refractivity contribution in [2.75, 3.05) is 31.1 Å². The van der Waals surface area contributed by atoms with E-state index in [1.165, 1.54) is 4.90 Å². The fourth-order valence-electron chi connectivity index (χ4n) is 9.41. The number of rotatable bonds is 23. The third-order valence-electron chi connectivity index (χ3n) is 13.8. The molecule has 32 heteroatoms. The van der Waals surface area contributed by atoms with E-state index >= 15 is 0 Å². The number of fused-ring (bicyclic) bond motifs is 1. The van der Waals surface area contributed by atoms with Crippen molar-refractivity contribution in [3.05, 3.63) is 119 Å². The van der Waals surface area contributed by atoms with Crippen LogP contribution in [-0.2, 0) is 68.6 Å². The summed E-state index contributed by atoms with van der Waals surface area (Å²) in [5.41, 5.74) is 33.3. The zero-order valence-electron chi connectivity index (χ0n) is 48.7. The second kappa shape index (κ2) is 34.3. The van der Waals surface area contributed by atoms with Crippen molar-refractivity contribution in [2.24, 2.45) is 34.0 Å². The number of azide groups is 1. The molecule has 8 atom stereocenters. The standard InChI is InChI=1S/C57H72IN15O14S2/c1-31(2)23-40(50(78)64-28-48(62)76)70-55(83)45-13-8-22-73(45)56(84)44-30-89-88-29-38(59)49(77)67-41(25-33-14-16-34(17-15-33)86-35(20-21-65-72-63)27-58-37-12-7-6-11-36(37)57(85)87-58)53(81)68-42(24-32-9-4-3-5-10-32)52(80)66-39(18-19-46(60)74)51(79)69-43(26-47(61)75)54(82)71-44/h3-7,9-12,14-17,27,31,38-45H,8,13,18-26,28-30,59H2,1-2H3,(H2,60,74)(H2,61,75)(H2,62,76)(H,64,78)(H,66,80)(H,67,77)(H,68,81)(H,69,79)(H,70,83)(H,71,82)/b35-27+/t38-,39-,40-,41-,42-,43-,44-,45-/m0/s1. The van der Waals surface area contributed by atoms with Crippen LogP contribution in [0.3, 0.4) is 0 Å². The molecule has 0 unspecified atom stereocenters. The molecule has 3 aromatic carbocycles. The molecule has 15 N–H and O–H groups in total. The van der Waals surface area contributed by atoms with Crippen molar-refractivity contribution < 1.29 is 65.3 Å². The Balaban J connectivity index is 1.31. The summed E-state index contributed by atoms with van der Waals surface area (Å²) < 4.78 is 14.5. The van der Waals surface area contributed by atoms with Gasteiger partial charge in [0.05, 0.1) is 13.0 Å². The summed E-state index contributed by atoms with van der Waals surface area (Å²) in [5.74, 6) is -10.1. The molecule has 3 aliphatic heterocycles. The quantitative estimate of drug-likeness (QED) is 0.0152. The second-order valence-electron chi connectivity index (χ2n) is 21.3. The first kappa shape index (κ1) is 69.6. The Morgan fingerprint density at radius 1 is 0.764 bits per heavy atom. The van der Waals surface area contributed by atoms with E-state index in [9.17, 15) is 57.5 Å². The third kappa shape index (κ3) is 21.7. The van der Waals surface area contributed by atoms with Crippen LogP contribution in [0.5, 0.6) is 5.75 Å². The molecule has 0 radical (unpaired) electrons. The van der Waals surface area contributed by atoms with Gasteiger partial charge in [0.1, 0.15) is 30.2 Å². The van der Waals surface area contributed by atoms with Gasteiger partial charge in [0, 0.05) is 30.9 Å². The fourth-order valence-corrected chi connectivity index (χ4v) is 15.7. The molecular weight excluding hydrogens is 1310 g/mol. The first-order chi connectivity index (χ1) is 42.5. The monoisotopic (exact) mass is 1380 g/mol. The molecule has 11 amide bonds. The predicted molar refractivity (Wildman–Crippen MR) is 335 cm³/mol. The minimum absolute atomic E-state index is 0.0193. The van der Waals surface area contributed by atoms with Gasteiger partial charge in [0.15, 0.2) is 0 Å². The van der Waals surface area contributed by atoms with Gasteiger partial charge >= 0.3 is 203 Å². The minimum Gasteiger partial charge on any atom is -0.370 e. The van der Waals surface area contributed by atoms with Gasteiger partial charge in [-0.15, -0.1) is 0 Å². The second-order valence-corrected chi connectivity index (χ2v) is 27.6. The van der Waals surface area contributed by atoms with E-state index in [-0.39, 0.29) is 62.6 Å². The van der Waals surface area contributed by atoms with E-state index in [0.717, 1.165) is 25.2 Å². The van der Waals surface area contributed by atoms with Crippen LogP contribution in [-0.4, -0.2) is 155 Å². The van der Waals surface area contributed by atoms with Crippen LogP contribution in [0, 0.1) is 9.49 Å². The number of carbonyl (C=O) groups excluding carboxylic acids is 12. The Morgan fingerprint density at radius 3 is 2.02 bits per heavy atom. The topological polar surface area (TPSA) is 464 Å². The summed E-state index contributed by atoms with van der Waals surface area (Å²) in [6, 6.07) is 10.4. The fraction of sp³-hybridized carbons (Fsp3) is 0.439. The Morgan fingerprint density at radius 2 is 1.37 bits per heavy atom. The Hall–Kier alpha value is -8.46. The van der Waals surface area contributed by atoms with Gasteiger partial charge in [-0.05, 0) is 37.2 Å². The zero-order chi connectivity index (χ0) is 64.7. The molecule has 0 saturated carbocycles. The van der Waals surface area contributed by atoms with Crippen LogP contribution in [0.4, 0.5) is 0 Å². The summed E-state index contributed by atoms with van der Waals surface area (Å²) in [7, 11) is 2.00. The van der Waals surface area contributed by atoms with E-state index in [0.29, 0.717) is 34.6 Å². The number of primary amides is 3. The van der Waals surface area contributed by atoms with E-state index in [1.807, 2.05) is 19.9 Å². The summed E-state index contributed by atoms with van der Waals surface area (Å²) in [6.45, 7) is 3.18. The number of halogens is 1. The number of ether oxygens (including phenoxy) is 1. The van der Waals surface area contributed by atoms with E-state index in [4.69, 9.17) is 36.3 Å². The molecule has 3 aliphatic rings. The number of benzene rings is 3. The molecule has 0 aliphatic carbocycles. The number of hydrogen-bond acceptors (Lipinski definition) is 18. The molecule has 89 heavy (non-hydrogen) atoms. The number of carbonyl (C=O) groups is 12. The predicted octanol–water partition coefficient (Wildman–Crippen LogP) is 0.265. The van der Waals surface area contributed by atoms with Crippen molar-refractivity contribution in [3.8, 4) is 5.75 Å². The number of nitrogens with two attached hydrogens (primary N) is 4. The average Bonchev–Trinajstić information content (AvgIpc) is 2.01. The number of amides is 11. The molecule has 2 saturated heterocycles. The SMILES string of the molecule is CC(C)C[C@H](NC(=O)[C@@H]1CCCN1C(=O)[C@@H]1CSSC[C@H](N)C(=O)N[C@@H](Cc2ccc(O/C(=C/I3OC(=O)c4ccccc43)CCN=[N+]=[N-])cc2)C(=O)N[C@@H](Cc2ccccc2)C(=O)N[C@@H](CCC(N)=O)C(=O)N[C@@H](CC(N)=O)C(=O)N1)C(=O)NCC(N)=O. The van der Waals surface area contributed by atoms with Crippen LogP contribution in [0.1, 0.15) is 80.3 Å². The van der Waals surface area contributed by atoms with Crippen molar-refractivity contribution >= 4 is 113 Å². The Labute approximate surface area is 527 Å². The van der Waals surface area contributed by atoms with Crippen molar-refractivity contribution in [1.82, 2.24) is 42.1 Å². The third-order valence-corrected chi connectivity index (χ3v) is 20.5. The Kier molecular flexibility index (Phi) is 26.9. The van der Waals surface area contributed by atoms with E-state index < -0.39 is 165 Å². The van der Waals surface area contributed by atoms with Gasteiger partial charge in [0.2, 0.25) is 53.2 Å². The smallest absolute Gasteiger partial charge is 0.370 e. The number of nitrogens with one attached hydrogen (secondary N) is 7. The molecule has 478 valence electrons. The van der Waals surface area contributed by atoms with Gasteiger partial charge in [-0.3, -0.25) is 43.2 Å². The van der Waals surface area contributed by atoms with Crippen LogP contribution in [0.25, 0.3) is 10.4 Å². The summed E-state index contributed by atoms with van der Waals surface area (Å²) in [6.07, 6.45) is -1.36. The van der Waals surface area contributed by atoms with Crippen LogP contribution < -0.4 is 64.9 Å². The van der Waals surface area contributed by atoms with E-state index in [1.54, 1.807) is 76.9 Å². The molecule has 0 aromatic heterocycles. The molecule has 2 fully saturated rings. The summed E-state index contributed by atoms with van der Waals surface area (Å²) in [5, 5.41) is 21.7. The van der Waals surface area contributed by atoms with Crippen molar-refractivity contribution in [2.45, 2.75) is 120 Å². The van der Waals surface area contributed by atoms with Crippen LogP contribution in [0.2, 0.25) is 0 Å². The Bertz CT molecular complexity index is 3190. The molecule has 0 spiro atoms. The van der Waals surface area contributed by atoms with Crippen molar-refractivity contribution in [1.29, 1.82) is 0 Å². The van der Waals surface area contributed by atoms with Crippen LogP contribution in [0.15, 0.2) is 93.8 Å². The zero-order valence-corrected chi connectivity index (χ0v) is 52.5. The van der Waals surface area contributed by atoms with E-state index in [2.05, 4.69) is 47.2 Å². The maximum absolute atomic E-state index is 14.7. The maximum atomic E-state index is 14.7.